The third-order valence-electron chi connectivity index (χ3n) is 8.80. The van der Waals surface area contributed by atoms with Crippen LogP contribution in [0.25, 0.3) is 5.70 Å². The zero-order valence-electron chi connectivity index (χ0n) is 24.2. The number of hydrogen-bond acceptors (Lipinski definition) is 7. The van der Waals surface area contributed by atoms with E-state index in [0.29, 0.717) is 5.96 Å². The Bertz CT molecular complexity index is 1460. The normalized spacial score (nSPS) is 20.0. The second-order valence-electron chi connectivity index (χ2n) is 11.3. The molecule has 7 rings (SSSR count). The highest BCUT2D eigenvalue weighted by atomic mass is 15.3. The van der Waals surface area contributed by atoms with Crippen LogP contribution in [0.1, 0.15) is 49.7 Å². The average Bonchev–Trinajstić information content (AvgIpc) is 3.05. The third kappa shape index (κ3) is 4.83. The number of nitrogens with one attached hydrogen (secondary N) is 2. The lowest BCUT2D eigenvalue weighted by Gasteiger charge is -2.34. The molecule has 0 aromatic heterocycles. The second kappa shape index (κ2) is 11.0. The van der Waals surface area contributed by atoms with Crippen molar-refractivity contribution in [1.82, 2.24) is 4.90 Å². The minimum atomic E-state index is 0.704. The van der Waals surface area contributed by atoms with Gasteiger partial charge in [0.05, 0.1) is 22.8 Å². The number of aliphatic imine (C=N–C) groups is 2. The van der Waals surface area contributed by atoms with E-state index >= 15 is 0 Å². The van der Waals surface area contributed by atoms with Crippen molar-refractivity contribution < 1.29 is 0 Å². The van der Waals surface area contributed by atoms with Crippen molar-refractivity contribution in [3.8, 4) is 0 Å². The summed E-state index contributed by atoms with van der Waals surface area (Å²) < 4.78 is 0. The minimum Gasteiger partial charge on any atom is -0.388 e. The number of nitrogens with zero attached hydrogens (tertiary/aromatic N) is 5. The van der Waals surface area contributed by atoms with E-state index in [9.17, 15) is 0 Å². The van der Waals surface area contributed by atoms with Crippen LogP contribution >= 0.6 is 0 Å². The van der Waals surface area contributed by atoms with Crippen molar-refractivity contribution in [3.05, 3.63) is 89.3 Å². The maximum absolute atomic E-state index is 5.15. The first-order chi connectivity index (χ1) is 20.2. The van der Waals surface area contributed by atoms with Crippen molar-refractivity contribution in [2.45, 2.75) is 38.5 Å². The molecule has 2 saturated heterocycles. The Hall–Kier alpha value is -4.26. The van der Waals surface area contributed by atoms with E-state index in [0.717, 1.165) is 71.5 Å². The van der Waals surface area contributed by atoms with E-state index in [1.54, 1.807) is 0 Å². The number of anilines is 4. The van der Waals surface area contributed by atoms with E-state index in [2.05, 4.69) is 92.1 Å². The van der Waals surface area contributed by atoms with Gasteiger partial charge in [-0.15, -0.1) is 0 Å². The van der Waals surface area contributed by atoms with E-state index in [1.165, 1.54) is 49.9 Å². The van der Waals surface area contributed by atoms with Gasteiger partial charge in [-0.1, -0.05) is 6.08 Å². The summed E-state index contributed by atoms with van der Waals surface area (Å²) >= 11 is 0. The first kappa shape index (κ1) is 25.7. The second-order valence-corrected chi connectivity index (χ2v) is 11.3. The van der Waals surface area contributed by atoms with E-state index < -0.39 is 0 Å². The Morgan fingerprint density at radius 3 is 1.90 bits per heavy atom. The lowest BCUT2D eigenvalue weighted by atomic mass is 10.0. The Balaban J connectivity index is 1.25. The number of guanidine groups is 1. The predicted molar refractivity (Wildman–Crippen MR) is 173 cm³/mol. The molecule has 0 radical (unpaired) electrons. The van der Waals surface area contributed by atoms with Gasteiger partial charge in [0.1, 0.15) is 0 Å². The van der Waals surface area contributed by atoms with Crippen LogP contribution in [0.2, 0.25) is 0 Å². The Morgan fingerprint density at radius 1 is 0.659 bits per heavy atom. The van der Waals surface area contributed by atoms with E-state index in [4.69, 9.17) is 9.98 Å². The van der Waals surface area contributed by atoms with E-state index in [-0.39, 0.29) is 0 Å². The van der Waals surface area contributed by atoms with Crippen molar-refractivity contribution in [2.24, 2.45) is 9.98 Å². The number of hydrogen-bond donors (Lipinski definition) is 2. The van der Waals surface area contributed by atoms with Gasteiger partial charge in [-0.2, -0.15) is 0 Å². The fraction of sp³-hybridized carbons (Fsp3) is 0.353. The van der Waals surface area contributed by atoms with Crippen LogP contribution in [-0.2, 0) is 0 Å². The molecule has 2 aromatic rings. The van der Waals surface area contributed by atoms with Crippen LogP contribution in [0.5, 0.6) is 0 Å². The molecule has 0 amide bonds. The van der Waals surface area contributed by atoms with Gasteiger partial charge in [0.25, 0.3) is 0 Å². The Kier molecular flexibility index (Phi) is 6.87. The molecule has 0 unspecified atom stereocenters. The summed E-state index contributed by atoms with van der Waals surface area (Å²) in [6, 6.07) is 13.5. The first-order valence-corrected chi connectivity index (χ1v) is 15.2. The topological polar surface area (TPSA) is 58.5 Å². The summed E-state index contributed by atoms with van der Waals surface area (Å²) in [5.74, 6) is 0.704. The molecule has 2 aromatic carbocycles. The molecule has 0 aliphatic carbocycles. The van der Waals surface area contributed by atoms with Gasteiger partial charge < -0.3 is 20.4 Å². The molecule has 210 valence electrons. The monoisotopic (exact) mass is 545 g/mol. The fourth-order valence-corrected chi connectivity index (χ4v) is 6.58. The average molecular weight is 546 g/mol. The van der Waals surface area contributed by atoms with Crippen LogP contribution in [0.3, 0.4) is 0 Å². The molecule has 41 heavy (non-hydrogen) atoms. The molecule has 0 spiro atoms. The molecular weight excluding hydrogens is 506 g/mol. The van der Waals surface area contributed by atoms with Gasteiger partial charge in [0.15, 0.2) is 0 Å². The molecule has 5 heterocycles. The van der Waals surface area contributed by atoms with Gasteiger partial charge >= 0.3 is 0 Å². The van der Waals surface area contributed by atoms with Crippen LogP contribution in [0.4, 0.5) is 22.7 Å². The minimum absolute atomic E-state index is 0.704. The fourth-order valence-electron chi connectivity index (χ4n) is 6.58. The SMILES string of the molecule is CNc1cc(N2CCCCC2)ccc1C1=CC2=CC=CC3=CC(c4ccc(N5CCCCC5)cc4NC)=NC(=N1)N23. The summed E-state index contributed by atoms with van der Waals surface area (Å²) in [6.45, 7) is 4.51. The molecule has 5 aliphatic heterocycles. The summed E-state index contributed by atoms with van der Waals surface area (Å²) in [5.41, 5.74) is 10.9. The van der Waals surface area contributed by atoms with Gasteiger partial charge in [0, 0.05) is 74.2 Å². The van der Waals surface area contributed by atoms with Crippen molar-refractivity contribution in [1.29, 1.82) is 0 Å². The zero-order valence-corrected chi connectivity index (χ0v) is 24.2. The van der Waals surface area contributed by atoms with E-state index in [1.807, 2.05) is 14.1 Å². The molecule has 0 bridgehead atoms. The molecule has 7 heteroatoms. The van der Waals surface area contributed by atoms with Gasteiger partial charge in [-0.25, -0.2) is 9.98 Å². The summed E-state index contributed by atoms with van der Waals surface area (Å²) in [6.07, 6.45) is 18.5. The lowest BCUT2D eigenvalue weighted by Crippen LogP contribution is -2.35. The Morgan fingerprint density at radius 2 is 1.27 bits per heavy atom. The standard InChI is InChI=1S/C34H39N7/c1-35-30-20-24(39-16-5-3-6-17-39)12-14-28(30)32-22-26-10-9-11-27-23-33(38-34(37-32)41(26)27)29-15-13-25(21-31(29)36-2)40-18-7-4-8-19-40/h9-15,20-23,35-36H,3-8,16-19H2,1-2H3. The highest BCUT2D eigenvalue weighted by Crippen LogP contribution is 2.38. The lowest BCUT2D eigenvalue weighted by molar-refractivity contribution is 0.578. The molecule has 0 atom stereocenters. The highest BCUT2D eigenvalue weighted by molar-refractivity contribution is 6.20. The highest BCUT2D eigenvalue weighted by Gasteiger charge is 2.30. The quantitative estimate of drug-likeness (QED) is 0.428. The van der Waals surface area contributed by atoms with Crippen LogP contribution in [0, 0.1) is 0 Å². The van der Waals surface area contributed by atoms with Crippen LogP contribution in [0.15, 0.2) is 88.2 Å². The van der Waals surface area contributed by atoms with Crippen LogP contribution < -0.4 is 20.4 Å². The number of allylic oxidation sites excluding steroid dienone is 5. The molecule has 2 fully saturated rings. The largest absolute Gasteiger partial charge is 0.388 e. The van der Waals surface area contributed by atoms with Crippen molar-refractivity contribution >= 4 is 40.1 Å². The summed E-state index contributed by atoms with van der Waals surface area (Å²) in [5, 5.41) is 6.88. The Labute approximate surface area is 243 Å². The third-order valence-corrected chi connectivity index (χ3v) is 8.80. The first-order valence-electron chi connectivity index (χ1n) is 15.2. The number of rotatable bonds is 6. The molecule has 0 saturated carbocycles. The molecule has 2 N–H and O–H groups in total. The van der Waals surface area contributed by atoms with Gasteiger partial charge in [-0.3, -0.25) is 4.90 Å². The smallest absolute Gasteiger partial charge is 0.235 e. The number of piperidine rings is 2. The maximum Gasteiger partial charge on any atom is 0.235 e. The molecule has 5 aliphatic rings. The molecular formula is C34H39N7. The number of benzene rings is 2. The summed E-state index contributed by atoms with van der Waals surface area (Å²) in [4.78, 5) is 17.4. The molecule has 7 nitrogen and oxygen atoms in total. The zero-order chi connectivity index (χ0) is 27.8. The van der Waals surface area contributed by atoms with Gasteiger partial charge in [-0.05, 0) is 99.2 Å². The van der Waals surface area contributed by atoms with Crippen molar-refractivity contribution in [3.63, 3.8) is 0 Å². The summed E-state index contributed by atoms with van der Waals surface area (Å²) in [7, 11) is 3.99. The van der Waals surface area contributed by atoms with Crippen molar-refractivity contribution in [2.75, 3.05) is 60.7 Å². The van der Waals surface area contributed by atoms with Gasteiger partial charge in [0.2, 0.25) is 5.96 Å². The van der Waals surface area contributed by atoms with Crippen LogP contribution in [-0.4, -0.2) is 56.8 Å². The maximum atomic E-state index is 5.15. The predicted octanol–water partition coefficient (Wildman–Crippen LogP) is 6.60.